The van der Waals surface area contributed by atoms with Crippen LogP contribution in [0.2, 0.25) is 0 Å². The van der Waals surface area contributed by atoms with Crippen LogP contribution >= 0.6 is 0 Å². The summed E-state index contributed by atoms with van der Waals surface area (Å²) in [6.07, 6.45) is 1.56. The first kappa shape index (κ1) is 12.5. The largest absolute Gasteiger partial charge is 0.358 e. The maximum Gasteiger partial charge on any atom is 0.184 e. The predicted molar refractivity (Wildman–Crippen MR) is 77.6 cm³/mol. The van der Waals surface area contributed by atoms with Crippen LogP contribution < -0.4 is 4.90 Å². The molecule has 6 heteroatoms. The van der Waals surface area contributed by atoms with Crippen molar-refractivity contribution in [2.75, 3.05) is 18.5 Å². The van der Waals surface area contributed by atoms with Gasteiger partial charge in [-0.05, 0) is 12.5 Å². The number of nitrogens with zero attached hydrogens (tertiary/aromatic N) is 6. The third-order valence-corrected chi connectivity index (χ3v) is 3.29. The Morgan fingerprint density at radius 2 is 1.95 bits per heavy atom. The summed E-state index contributed by atoms with van der Waals surface area (Å²) in [7, 11) is 1.98. The van der Waals surface area contributed by atoms with E-state index in [0.29, 0.717) is 6.54 Å². The molecule has 102 valence electrons. The molecule has 3 rings (SSSR count). The maximum atomic E-state index is 4.31. The van der Waals surface area contributed by atoms with E-state index in [0.717, 1.165) is 23.5 Å². The van der Waals surface area contributed by atoms with Gasteiger partial charge in [0.15, 0.2) is 17.0 Å². The first-order valence-corrected chi connectivity index (χ1v) is 6.59. The maximum absolute atomic E-state index is 4.31. The summed E-state index contributed by atoms with van der Waals surface area (Å²) in [6, 6.07) is 10.2. The van der Waals surface area contributed by atoms with Crippen molar-refractivity contribution in [2.24, 2.45) is 0 Å². The minimum Gasteiger partial charge on any atom is -0.358 e. The summed E-state index contributed by atoms with van der Waals surface area (Å²) in [5.74, 6) is 0.816. The molecule has 6 nitrogen and oxygen atoms in total. The van der Waals surface area contributed by atoms with E-state index in [1.165, 1.54) is 5.56 Å². The third kappa shape index (κ3) is 2.20. The molecule has 0 saturated heterocycles. The molecule has 0 aliphatic heterocycles. The molecule has 2 heterocycles. The highest BCUT2D eigenvalue weighted by molar-refractivity contribution is 5.82. The minimum absolute atomic E-state index is 0.656. The van der Waals surface area contributed by atoms with E-state index in [1.807, 2.05) is 30.1 Å². The molecule has 2 aromatic heterocycles. The normalized spacial score (nSPS) is 10.9. The summed E-state index contributed by atoms with van der Waals surface area (Å²) in [5.41, 5.74) is 2.68. The van der Waals surface area contributed by atoms with E-state index >= 15 is 0 Å². The van der Waals surface area contributed by atoms with Crippen molar-refractivity contribution in [2.45, 2.75) is 13.5 Å². The molecule has 0 N–H and O–H groups in total. The minimum atomic E-state index is 0.656. The van der Waals surface area contributed by atoms with Crippen molar-refractivity contribution in [3.8, 4) is 0 Å². The van der Waals surface area contributed by atoms with Gasteiger partial charge in [-0.1, -0.05) is 35.5 Å². The van der Waals surface area contributed by atoms with Crippen LogP contribution in [0.3, 0.4) is 0 Å². The average Bonchev–Trinajstić information content (AvgIpc) is 2.91. The standard InChI is InChI=1S/C14H16N6/c1-3-19(2)13-12-14(16-10-15-13)20(18-17-12)9-11-7-5-4-6-8-11/h4-8,10H,3,9H2,1-2H3. The summed E-state index contributed by atoms with van der Waals surface area (Å²) < 4.78 is 1.80. The molecule has 0 saturated carbocycles. The summed E-state index contributed by atoms with van der Waals surface area (Å²) in [4.78, 5) is 10.6. The van der Waals surface area contributed by atoms with Gasteiger partial charge in [0.05, 0.1) is 6.54 Å². The van der Waals surface area contributed by atoms with Crippen molar-refractivity contribution in [1.29, 1.82) is 0 Å². The Kier molecular flexibility index (Phi) is 3.28. The van der Waals surface area contributed by atoms with Crippen LogP contribution in [0.1, 0.15) is 12.5 Å². The van der Waals surface area contributed by atoms with Crippen LogP contribution in [0.15, 0.2) is 36.7 Å². The van der Waals surface area contributed by atoms with Crippen molar-refractivity contribution in [3.63, 3.8) is 0 Å². The number of anilines is 1. The quantitative estimate of drug-likeness (QED) is 0.721. The van der Waals surface area contributed by atoms with E-state index in [2.05, 4.69) is 39.3 Å². The van der Waals surface area contributed by atoms with E-state index in [9.17, 15) is 0 Å². The molecular formula is C14H16N6. The first-order chi connectivity index (χ1) is 9.79. The number of benzene rings is 1. The molecule has 3 aromatic rings. The lowest BCUT2D eigenvalue weighted by molar-refractivity contribution is 0.664. The molecule has 20 heavy (non-hydrogen) atoms. The van der Waals surface area contributed by atoms with Crippen LogP contribution in [0, 0.1) is 0 Å². The molecule has 0 amide bonds. The molecule has 0 fully saturated rings. The zero-order valence-electron chi connectivity index (χ0n) is 11.6. The van der Waals surface area contributed by atoms with Gasteiger partial charge in [-0.15, -0.1) is 5.10 Å². The molecule has 0 atom stereocenters. The van der Waals surface area contributed by atoms with Gasteiger partial charge in [-0.25, -0.2) is 14.6 Å². The molecule has 1 aromatic carbocycles. The Labute approximate surface area is 117 Å². The summed E-state index contributed by atoms with van der Waals surface area (Å²) in [5, 5.41) is 8.44. The molecule has 0 aliphatic carbocycles. The highest BCUT2D eigenvalue weighted by atomic mass is 15.4. The smallest absolute Gasteiger partial charge is 0.184 e. The lowest BCUT2D eigenvalue weighted by Gasteiger charge is -2.14. The van der Waals surface area contributed by atoms with Gasteiger partial charge in [0.1, 0.15) is 6.33 Å². The number of rotatable bonds is 4. The lowest BCUT2D eigenvalue weighted by Crippen LogP contribution is -2.17. The zero-order chi connectivity index (χ0) is 13.9. The number of hydrogen-bond acceptors (Lipinski definition) is 5. The number of hydrogen-bond donors (Lipinski definition) is 0. The Hall–Kier alpha value is -2.50. The second-order valence-corrected chi connectivity index (χ2v) is 4.62. The van der Waals surface area contributed by atoms with Crippen LogP contribution in [0.25, 0.3) is 11.2 Å². The van der Waals surface area contributed by atoms with Gasteiger partial charge in [0.25, 0.3) is 0 Å². The molecule has 0 radical (unpaired) electrons. The van der Waals surface area contributed by atoms with Gasteiger partial charge < -0.3 is 4.90 Å². The van der Waals surface area contributed by atoms with Crippen LogP contribution in [-0.4, -0.2) is 38.6 Å². The van der Waals surface area contributed by atoms with Crippen LogP contribution in [0.5, 0.6) is 0 Å². The Balaban J connectivity index is 2.02. The molecule has 0 bridgehead atoms. The van der Waals surface area contributed by atoms with E-state index in [4.69, 9.17) is 0 Å². The SMILES string of the molecule is CCN(C)c1ncnc2c1nnn2Cc1ccccc1. The second-order valence-electron chi connectivity index (χ2n) is 4.62. The monoisotopic (exact) mass is 268 g/mol. The predicted octanol–water partition coefficient (Wildman–Crippen LogP) is 1.73. The zero-order valence-corrected chi connectivity index (χ0v) is 11.6. The molecule has 0 unspecified atom stereocenters. The van der Waals surface area contributed by atoms with Gasteiger partial charge in [-0.2, -0.15) is 0 Å². The Morgan fingerprint density at radius 1 is 1.15 bits per heavy atom. The summed E-state index contributed by atoms with van der Waals surface area (Å²) >= 11 is 0. The molecule has 0 aliphatic rings. The number of aromatic nitrogens is 5. The van der Waals surface area contributed by atoms with E-state index in [-0.39, 0.29) is 0 Å². The van der Waals surface area contributed by atoms with Gasteiger partial charge in [0, 0.05) is 13.6 Å². The van der Waals surface area contributed by atoms with Gasteiger partial charge in [-0.3, -0.25) is 0 Å². The number of fused-ring (bicyclic) bond motifs is 1. The van der Waals surface area contributed by atoms with Crippen LogP contribution in [0.4, 0.5) is 5.82 Å². The van der Waals surface area contributed by atoms with E-state index in [1.54, 1.807) is 11.0 Å². The molecular weight excluding hydrogens is 252 g/mol. The van der Waals surface area contributed by atoms with Crippen molar-refractivity contribution >= 4 is 17.0 Å². The fourth-order valence-corrected chi connectivity index (χ4v) is 2.07. The lowest BCUT2D eigenvalue weighted by atomic mass is 10.2. The van der Waals surface area contributed by atoms with Crippen molar-refractivity contribution in [3.05, 3.63) is 42.2 Å². The Morgan fingerprint density at radius 3 is 2.70 bits per heavy atom. The highest BCUT2D eigenvalue weighted by Crippen LogP contribution is 2.19. The topological polar surface area (TPSA) is 59.7 Å². The van der Waals surface area contributed by atoms with Gasteiger partial charge >= 0.3 is 0 Å². The second kappa shape index (κ2) is 5.24. The Bertz CT molecular complexity index is 706. The van der Waals surface area contributed by atoms with E-state index < -0.39 is 0 Å². The summed E-state index contributed by atoms with van der Waals surface area (Å²) in [6.45, 7) is 3.59. The fraction of sp³-hybridized carbons (Fsp3) is 0.286. The first-order valence-electron chi connectivity index (χ1n) is 6.59. The van der Waals surface area contributed by atoms with Gasteiger partial charge in [0.2, 0.25) is 0 Å². The average molecular weight is 268 g/mol. The van der Waals surface area contributed by atoms with Crippen molar-refractivity contribution in [1.82, 2.24) is 25.0 Å². The molecule has 0 spiro atoms. The third-order valence-electron chi connectivity index (χ3n) is 3.29. The fourth-order valence-electron chi connectivity index (χ4n) is 2.07. The highest BCUT2D eigenvalue weighted by Gasteiger charge is 2.13. The van der Waals surface area contributed by atoms with Crippen molar-refractivity contribution < 1.29 is 0 Å². The van der Waals surface area contributed by atoms with Crippen LogP contribution in [-0.2, 0) is 6.54 Å².